The maximum absolute atomic E-state index is 13.7. The van der Waals surface area contributed by atoms with Crippen LogP contribution in [0.4, 0.5) is 11.4 Å². The quantitative estimate of drug-likeness (QED) is 0.351. The molecule has 0 radical (unpaired) electrons. The molecule has 3 aromatic rings. The first kappa shape index (κ1) is 28.4. The molecule has 0 heterocycles. The Hall–Kier alpha value is -3.56. The van der Waals surface area contributed by atoms with Gasteiger partial charge in [-0.2, -0.15) is 0 Å². The van der Waals surface area contributed by atoms with Crippen LogP contribution in [0.25, 0.3) is 0 Å². The summed E-state index contributed by atoms with van der Waals surface area (Å²) in [5.41, 5.74) is 1.71. The highest BCUT2D eigenvalue weighted by atomic mass is 35.5. The van der Waals surface area contributed by atoms with Gasteiger partial charge in [0.15, 0.2) is 0 Å². The Labute approximate surface area is 234 Å². The van der Waals surface area contributed by atoms with Crippen LogP contribution in [-0.2, 0) is 14.8 Å². The second kappa shape index (κ2) is 12.5. The second-order valence-corrected chi connectivity index (χ2v) is 11.8. The lowest BCUT2D eigenvalue weighted by Crippen LogP contribution is -2.39. The number of para-hydroxylation sites is 1. The first-order valence-corrected chi connectivity index (χ1v) is 14.6. The first-order valence-electron chi connectivity index (χ1n) is 12.8. The number of rotatable bonds is 9. The molecule has 3 aromatic carbocycles. The number of halogens is 1. The summed E-state index contributed by atoms with van der Waals surface area (Å²) in [7, 11) is -2.69. The molecule has 0 atom stereocenters. The average Bonchev–Trinajstić information content (AvgIpc) is 2.92. The molecule has 39 heavy (non-hydrogen) atoms. The molecular weight excluding hydrogens is 538 g/mol. The van der Waals surface area contributed by atoms with E-state index in [0.717, 1.165) is 35.6 Å². The van der Waals surface area contributed by atoms with Crippen molar-refractivity contribution in [1.82, 2.24) is 5.32 Å². The summed E-state index contributed by atoms with van der Waals surface area (Å²) in [6.45, 7) is 1.31. The van der Waals surface area contributed by atoms with E-state index < -0.39 is 22.5 Å². The zero-order valence-corrected chi connectivity index (χ0v) is 23.5. The Morgan fingerprint density at radius 3 is 2.36 bits per heavy atom. The highest BCUT2D eigenvalue weighted by Gasteiger charge is 2.28. The van der Waals surface area contributed by atoms with E-state index in [9.17, 15) is 18.0 Å². The van der Waals surface area contributed by atoms with Crippen LogP contribution in [0.1, 0.15) is 48.0 Å². The largest absolute Gasteiger partial charge is 0.495 e. The molecule has 0 aliphatic heterocycles. The van der Waals surface area contributed by atoms with Crippen LogP contribution in [0.2, 0.25) is 5.02 Å². The van der Waals surface area contributed by atoms with Gasteiger partial charge in [-0.15, -0.1) is 0 Å². The van der Waals surface area contributed by atoms with Gasteiger partial charge < -0.3 is 15.4 Å². The topological polar surface area (TPSA) is 105 Å². The molecule has 1 fully saturated rings. The van der Waals surface area contributed by atoms with E-state index in [0.29, 0.717) is 17.0 Å². The van der Waals surface area contributed by atoms with Crippen molar-refractivity contribution in [3.05, 3.63) is 82.9 Å². The van der Waals surface area contributed by atoms with Crippen LogP contribution in [0.3, 0.4) is 0 Å². The average molecular weight is 570 g/mol. The van der Waals surface area contributed by atoms with Gasteiger partial charge in [0, 0.05) is 6.04 Å². The predicted molar refractivity (Wildman–Crippen MR) is 153 cm³/mol. The van der Waals surface area contributed by atoms with E-state index in [1.54, 1.807) is 36.4 Å². The highest BCUT2D eigenvalue weighted by Crippen LogP contribution is 2.32. The smallest absolute Gasteiger partial charge is 0.264 e. The van der Waals surface area contributed by atoms with Crippen LogP contribution < -0.4 is 19.7 Å². The van der Waals surface area contributed by atoms with E-state index in [2.05, 4.69) is 10.6 Å². The minimum absolute atomic E-state index is 0.0279. The molecule has 0 aromatic heterocycles. The number of benzene rings is 3. The fourth-order valence-corrected chi connectivity index (χ4v) is 6.25. The standard InChI is InChI=1S/C29H32ClN3O5S/c1-20-12-15-23(16-13-20)39(36,37)33(22-14-17-27(38-2)25(30)18-22)19-28(34)32-26-11-7-6-10-24(26)29(35)31-21-8-4-3-5-9-21/h6-7,10-18,21H,3-5,8-9,19H2,1-2H3,(H,31,35)(H,32,34). The molecule has 1 aliphatic rings. The summed E-state index contributed by atoms with van der Waals surface area (Å²) in [5, 5.41) is 5.99. The molecule has 1 saturated carbocycles. The Morgan fingerprint density at radius 2 is 1.69 bits per heavy atom. The number of anilines is 2. The van der Waals surface area contributed by atoms with Gasteiger partial charge in [0.05, 0.1) is 34.0 Å². The van der Waals surface area contributed by atoms with Gasteiger partial charge in [-0.1, -0.05) is 60.7 Å². The molecular formula is C29H32ClN3O5S. The van der Waals surface area contributed by atoms with Gasteiger partial charge in [-0.05, 0) is 62.2 Å². The van der Waals surface area contributed by atoms with E-state index >= 15 is 0 Å². The number of hydrogen-bond donors (Lipinski definition) is 2. The van der Waals surface area contributed by atoms with Gasteiger partial charge in [0.2, 0.25) is 5.91 Å². The number of carbonyl (C=O) groups excluding carboxylic acids is 2. The number of nitrogens with zero attached hydrogens (tertiary/aromatic N) is 1. The van der Waals surface area contributed by atoms with Crippen molar-refractivity contribution in [2.75, 3.05) is 23.3 Å². The van der Waals surface area contributed by atoms with Gasteiger partial charge in [-0.3, -0.25) is 13.9 Å². The van der Waals surface area contributed by atoms with Crippen LogP contribution in [-0.4, -0.2) is 39.9 Å². The van der Waals surface area contributed by atoms with E-state index in [4.69, 9.17) is 16.3 Å². The summed E-state index contributed by atoms with van der Waals surface area (Å²) in [5.74, 6) is -0.519. The van der Waals surface area contributed by atoms with Crippen molar-refractivity contribution < 1.29 is 22.7 Å². The van der Waals surface area contributed by atoms with E-state index in [-0.39, 0.29) is 27.6 Å². The van der Waals surface area contributed by atoms with Gasteiger partial charge in [0.1, 0.15) is 12.3 Å². The summed E-state index contributed by atoms with van der Waals surface area (Å²) >= 11 is 6.30. The van der Waals surface area contributed by atoms with Crippen molar-refractivity contribution in [2.45, 2.75) is 50.0 Å². The number of hydrogen-bond acceptors (Lipinski definition) is 5. The fraction of sp³-hybridized carbons (Fsp3) is 0.310. The van der Waals surface area contributed by atoms with Crippen LogP contribution in [0.5, 0.6) is 5.75 Å². The minimum atomic E-state index is -4.15. The Kier molecular flexibility index (Phi) is 9.14. The number of sulfonamides is 1. The summed E-state index contributed by atoms with van der Waals surface area (Å²) in [6.07, 6.45) is 5.17. The molecule has 2 N–H and O–H groups in total. The monoisotopic (exact) mass is 569 g/mol. The number of nitrogens with one attached hydrogen (secondary N) is 2. The van der Waals surface area contributed by atoms with Gasteiger partial charge >= 0.3 is 0 Å². The zero-order chi connectivity index (χ0) is 28.0. The molecule has 2 amide bonds. The van der Waals surface area contributed by atoms with Gasteiger partial charge in [-0.25, -0.2) is 8.42 Å². The maximum Gasteiger partial charge on any atom is 0.264 e. The molecule has 0 spiro atoms. The molecule has 1 aliphatic carbocycles. The van der Waals surface area contributed by atoms with Crippen molar-refractivity contribution in [2.24, 2.45) is 0 Å². The summed E-state index contributed by atoms with van der Waals surface area (Å²) in [6, 6.07) is 17.6. The van der Waals surface area contributed by atoms with E-state index in [1.807, 2.05) is 6.92 Å². The molecule has 0 bridgehead atoms. The summed E-state index contributed by atoms with van der Waals surface area (Å²) < 4.78 is 33.6. The zero-order valence-electron chi connectivity index (χ0n) is 21.9. The van der Waals surface area contributed by atoms with Crippen molar-refractivity contribution in [3.8, 4) is 5.75 Å². The van der Waals surface area contributed by atoms with Crippen LogP contribution in [0.15, 0.2) is 71.6 Å². The van der Waals surface area contributed by atoms with Crippen LogP contribution in [0, 0.1) is 6.92 Å². The van der Waals surface area contributed by atoms with Crippen molar-refractivity contribution in [1.29, 1.82) is 0 Å². The Morgan fingerprint density at radius 1 is 1.00 bits per heavy atom. The molecule has 206 valence electrons. The lowest BCUT2D eigenvalue weighted by atomic mass is 9.95. The Bertz CT molecular complexity index is 1440. The number of amides is 2. The fourth-order valence-electron chi connectivity index (χ4n) is 4.58. The second-order valence-electron chi connectivity index (χ2n) is 9.55. The Balaban J connectivity index is 1.60. The minimum Gasteiger partial charge on any atom is -0.495 e. The highest BCUT2D eigenvalue weighted by molar-refractivity contribution is 7.92. The maximum atomic E-state index is 13.7. The lowest BCUT2D eigenvalue weighted by Gasteiger charge is -2.25. The normalized spacial score (nSPS) is 13.9. The summed E-state index contributed by atoms with van der Waals surface area (Å²) in [4.78, 5) is 26.4. The number of ether oxygens (including phenoxy) is 1. The number of aryl methyl sites for hydroxylation is 1. The van der Waals surface area contributed by atoms with Crippen molar-refractivity contribution >= 4 is 44.8 Å². The molecule has 0 saturated heterocycles. The molecule has 8 nitrogen and oxygen atoms in total. The third kappa shape index (κ3) is 6.91. The van der Waals surface area contributed by atoms with Crippen molar-refractivity contribution in [3.63, 3.8) is 0 Å². The SMILES string of the molecule is COc1ccc(N(CC(=O)Nc2ccccc2C(=O)NC2CCCCC2)S(=O)(=O)c2ccc(C)cc2)cc1Cl. The molecule has 10 heteroatoms. The number of carbonyl (C=O) groups is 2. The number of methoxy groups -OCH3 is 1. The van der Waals surface area contributed by atoms with E-state index in [1.165, 1.54) is 43.9 Å². The molecule has 4 rings (SSSR count). The predicted octanol–water partition coefficient (Wildman–Crippen LogP) is 5.55. The third-order valence-corrected chi connectivity index (χ3v) is 8.79. The third-order valence-electron chi connectivity index (χ3n) is 6.71. The van der Waals surface area contributed by atoms with Crippen LogP contribution >= 0.6 is 11.6 Å². The first-order chi connectivity index (χ1) is 18.7. The molecule has 0 unspecified atom stereocenters. The lowest BCUT2D eigenvalue weighted by molar-refractivity contribution is -0.114. The van der Waals surface area contributed by atoms with Gasteiger partial charge in [0.25, 0.3) is 15.9 Å².